The van der Waals surface area contributed by atoms with Gasteiger partial charge in [0, 0.05) is 10.4 Å². The first-order valence-electron chi connectivity index (χ1n) is 6.16. The summed E-state index contributed by atoms with van der Waals surface area (Å²) in [5.41, 5.74) is 0.906. The molecule has 1 rings (SSSR count). The zero-order valence-electron chi connectivity index (χ0n) is 10.5. The molecule has 0 radical (unpaired) electrons. The molecule has 96 valence electrons. The molecule has 0 aliphatic heterocycles. The molecule has 0 saturated carbocycles. The second kappa shape index (κ2) is 7.70. The van der Waals surface area contributed by atoms with E-state index in [4.69, 9.17) is 4.74 Å². The third-order valence-corrected chi connectivity index (χ3v) is 3.79. The first kappa shape index (κ1) is 14.5. The quantitative estimate of drug-likeness (QED) is 0.494. The molecule has 3 heteroatoms. The minimum atomic E-state index is -0.209. The fourth-order valence-corrected chi connectivity index (χ4v) is 2.54. The fourth-order valence-electron chi connectivity index (χ4n) is 1.86. The Morgan fingerprint density at radius 2 is 2.06 bits per heavy atom. The molecule has 0 aliphatic carbocycles. The molecule has 1 unspecified atom stereocenters. The molecule has 1 nitrogen and oxygen atoms in total. The highest BCUT2D eigenvalue weighted by atomic mass is 79.9. The van der Waals surface area contributed by atoms with E-state index in [9.17, 15) is 4.39 Å². The van der Waals surface area contributed by atoms with Crippen LogP contribution in [0.25, 0.3) is 0 Å². The average molecular weight is 303 g/mol. The van der Waals surface area contributed by atoms with Gasteiger partial charge < -0.3 is 4.74 Å². The van der Waals surface area contributed by atoms with Gasteiger partial charge in [0.1, 0.15) is 11.6 Å². The Bertz CT molecular complexity index is 341. The van der Waals surface area contributed by atoms with E-state index in [1.807, 2.05) is 0 Å². The van der Waals surface area contributed by atoms with Gasteiger partial charge in [-0.25, -0.2) is 4.39 Å². The van der Waals surface area contributed by atoms with Crippen LogP contribution in [0.15, 0.2) is 18.2 Å². The predicted octanol–water partition coefficient (Wildman–Crippen LogP) is 5.24. The minimum absolute atomic E-state index is 0.171. The molecular weight excluding hydrogens is 283 g/mol. The van der Waals surface area contributed by atoms with E-state index in [1.54, 1.807) is 19.2 Å². The van der Waals surface area contributed by atoms with Gasteiger partial charge in [0.2, 0.25) is 0 Å². The van der Waals surface area contributed by atoms with Crippen LogP contribution in [-0.4, -0.2) is 7.11 Å². The SMILES string of the molecule is CCCCCCC(Br)c1cc(F)ccc1OC. The van der Waals surface area contributed by atoms with Crippen LogP contribution in [0.3, 0.4) is 0 Å². The number of rotatable bonds is 7. The molecule has 0 N–H and O–H groups in total. The van der Waals surface area contributed by atoms with Crippen molar-refractivity contribution in [3.63, 3.8) is 0 Å². The van der Waals surface area contributed by atoms with Crippen molar-refractivity contribution in [1.29, 1.82) is 0 Å². The first-order valence-corrected chi connectivity index (χ1v) is 7.08. The van der Waals surface area contributed by atoms with Crippen molar-refractivity contribution in [3.8, 4) is 5.75 Å². The summed E-state index contributed by atoms with van der Waals surface area (Å²) in [6, 6.07) is 4.67. The van der Waals surface area contributed by atoms with Gasteiger partial charge in [-0.15, -0.1) is 0 Å². The minimum Gasteiger partial charge on any atom is -0.496 e. The molecule has 1 aromatic carbocycles. The summed E-state index contributed by atoms with van der Waals surface area (Å²) in [4.78, 5) is 0.171. The molecule has 0 bridgehead atoms. The summed E-state index contributed by atoms with van der Waals surface area (Å²) < 4.78 is 18.5. The Kier molecular flexibility index (Phi) is 6.56. The van der Waals surface area contributed by atoms with Crippen molar-refractivity contribution in [2.75, 3.05) is 7.11 Å². The number of benzene rings is 1. The number of unbranched alkanes of at least 4 members (excludes halogenated alkanes) is 3. The topological polar surface area (TPSA) is 9.23 Å². The van der Waals surface area contributed by atoms with Crippen LogP contribution in [0.1, 0.15) is 49.4 Å². The highest BCUT2D eigenvalue weighted by Gasteiger charge is 2.13. The average Bonchev–Trinajstić information content (AvgIpc) is 2.34. The predicted molar refractivity (Wildman–Crippen MR) is 73.4 cm³/mol. The third kappa shape index (κ3) is 4.66. The second-order valence-electron chi connectivity index (χ2n) is 4.20. The third-order valence-electron chi connectivity index (χ3n) is 2.84. The number of hydrogen-bond donors (Lipinski definition) is 0. The van der Waals surface area contributed by atoms with Crippen molar-refractivity contribution in [3.05, 3.63) is 29.6 Å². The standard InChI is InChI=1S/C14H20BrFO/c1-3-4-5-6-7-13(15)12-10-11(16)8-9-14(12)17-2/h8-10,13H,3-7H2,1-2H3. The van der Waals surface area contributed by atoms with E-state index >= 15 is 0 Å². The van der Waals surface area contributed by atoms with E-state index < -0.39 is 0 Å². The molecule has 0 amide bonds. The zero-order chi connectivity index (χ0) is 12.7. The Hall–Kier alpha value is -0.570. The van der Waals surface area contributed by atoms with Crippen molar-refractivity contribution >= 4 is 15.9 Å². The van der Waals surface area contributed by atoms with Crippen LogP contribution < -0.4 is 4.74 Å². The highest BCUT2D eigenvalue weighted by molar-refractivity contribution is 9.09. The van der Waals surface area contributed by atoms with Gasteiger partial charge in [-0.1, -0.05) is 48.5 Å². The summed E-state index contributed by atoms with van der Waals surface area (Å²) in [5, 5.41) is 0. The Labute approximate surface area is 111 Å². The number of alkyl halides is 1. The van der Waals surface area contributed by atoms with E-state index in [1.165, 1.54) is 25.3 Å². The summed E-state index contributed by atoms with van der Waals surface area (Å²) in [7, 11) is 1.62. The normalized spacial score (nSPS) is 12.5. The lowest BCUT2D eigenvalue weighted by atomic mass is 10.0. The highest BCUT2D eigenvalue weighted by Crippen LogP contribution is 2.35. The van der Waals surface area contributed by atoms with E-state index in [0.29, 0.717) is 0 Å². The summed E-state index contributed by atoms with van der Waals surface area (Å²) in [6.45, 7) is 2.20. The Morgan fingerprint density at radius 1 is 1.29 bits per heavy atom. The van der Waals surface area contributed by atoms with Gasteiger partial charge in [-0.05, 0) is 24.6 Å². The van der Waals surface area contributed by atoms with Gasteiger partial charge in [0.05, 0.1) is 7.11 Å². The first-order chi connectivity index (χ1) is 8.19. The van der Waals surface area contributed by atoms with Crippen LogP contribution in [0.2, 0.25) is 0 Å². The number of methoxy groups -OCH3 is 1. The number of ether oxygens (including phenoxy) is 1. The van der Waals surface area contributed by atoms with Gasteiger partial charge in [-0.3, -0.25) is 0 Å². The van der Waals surface area contributed by atoms with Crippen LogP contribution in [0.5, 0.6) is 5.75 Å². The maximum absolute atomic E-state index is 13.2. The monoisotopic (exact) mass is 302 g/mol. The van der Waals surface area contributed by atoms with Crippen LogP contribution in [0.4, 0.5) is 4.39 Å². The Balaban J connectivity index is 2.60. The maximum atomic E-state index is 13.2. The van der Waals surface area contributed by atoms with Crippen LogP contribution in [-0.2, 0) is 0 Å². The molecule has 0 aliphatic rings. The Morgan fingerprint density at radius 3 is 2.71 bits per heavy atom. The lowest BCUT2D eigenvalue weighted by Crippen LogP contribution is -1.96. The number of hydrogen-bond acceptors (Lipinski definition) is 1. The molecule has 0 aromatic heterocycles. The smallest absolute Gasteiger partial charge is 0.123 e. The summed E-state index contributed by atoms with van der Waals surface area (Å²) >= 11 is 3.62. The lowest BCUT2D eigenvalue weighted by molar-refractivity contribution is 0.407. The van der Waals surface area contributed by atoms with Gasteiger partial charge in [-0.2, -0.15) is 0 Å². The summed E-state index contributed by atoms with van der Waals surface area (Å²) in [5.74, 6) is 0.544. The zero-order valence-corrected chi connectivity index (χ0v) is 12.1. The van der Waals surface area contributed by atoms with Crippen molar-refractivity contribution in [2.24, 2.45) is 0 Å². The molecule has 1 aromatic rings. The van der Waals surface area contributed by atoms with Gasteiger partial charge in [0.25, 0.3) is 0 Å². The van der Waals surface area contributed by atoms with Crippen LogP contribution >= 0.6 is 15.9 Å². The second-order valence-corrected chi connectivity index (χ2v) is 5.31. The molecule has 1 atom stereocenters. The summed E-state index contributed by atoms with van der Waals surface area (Å²) in [6.07, 6.45) is 5.90. The largest absolute Gasteiger partial charge is 0.496 e. The number of halogens is 2. The van der Waals surface area contributed by atoms with Crippen molar-refractivity contribution < 1.29 is 9.13 Å². The fraction of sp³-hybridized carbons (Fsp3) is 0.571. The molecule has 0 heterocycles. The van der Waals surface area contributed by atoms with E-state index in [2.05, 4.69) is 22.9 Å². The van der Waals surface area contributed by atoms with Gasteiger partial charge in [0.15, 0.2) is 0 Å². The van der Waals surface area contributed by atoms with Crippen molar-refractivity contribution in [1.82, 2.24) is 0 Å². The van der Waals surface area contributed by atoms with Crippen molar-refractivity contribution in [2.45, 2.75) is 43.9 Å². The molecule has 0 saturated heterocycles. The van der Waals surface area contributed by atoms with E-state index in [0.717, 1.165) is 24.2 Å². The van der Waals surface area contributed by atoms with Crippen LogP contribution in [0, 0.1) is 5.82 Å². The lowest BCUT2D eigenvalue weighted by Gasteiger charge is -2.14. The maximum Gasteiger partial charge on any atom is 0.123 e. The molecule has 0 fully saturated rings. The molecule has 17 heavy (non-hydrogen) atoms. The molecular formula is C14H20BrFO. The van der Waals surface area contributed by atoms with Gasteiger partial charge >= 0.3 is 0 Å². The van der Waals surface area contributed by atoms with E-state index in [-0.39, 0.29) is 10.6 Å². The molecule has 0 spiro atoms.